The van der Waals surface area contributed by atoms with Gasteiger partial charge >= 0.3 is 0 Å². The minimum Gasteiger partial charge on any atom is -0.308 e. The van der Waals surface area contributed by atoms with Crippen molar-refractivity contribution in [1.82, 2.24) is 29.1 Å². The van der Waals surface area contributed by atoms with Crippen molar-refractivity contribution in [2.24, 2.45) is 0 Å². The lowest BCUT2D eigenvalue weighted by molar-refractivity contribution is 1.10. The Morgan fingerprint density at radius 1 is 0.174 bits per heavy atom. The maximum atomic E-state index is 5.70. The maximum absolute atomic E-state index is 5.70. The molecular weight excluding hydrogens is 1120 g/mol. The zero-order valence-corrected chi connectivity index (χ0v) is 50.0. The first-order valence-electron chi connectivity index (χ1n) is 31.2. The van der Waals surface area contributed by atoms with Crippen LogP contribution in [0.1, 0.15) is 0 Å². The molecule has 17 rings (SSSR count). The van der Waals surface area contributed by atoms with Crippen LogP contribution in [0.4, 0.5) is 0 Å². The average molecular weight is 1170 g/mol. The van der Waals surface area contributed by atoms with Gasteiger partial charge in [0.2, 0.25) is 0 Å². The molecule has 0 aliphatic carbocycles. The van der Waals surface area contributed by atoms with Crippen LogP contribution in [0.25, 0.3) is 167 Å². The van der Waals surface area contributed by atoms with Gasteiger partial charge in [-0.25, -0.2) is 19.9 Å². The monoisotopic (exact) mass is 1170 g/mol. The van der Waals surface area contributed by atoms with Crippen LogP contribution >= 0.6 is 0 Å². The Labute approximate surface area is 533 Å². The molecule has 0 fully saturated rings. The van der Waals surface area contributed by atoms with E-state index in [1.165, 1.54) is 0 Å². The molecule has 0 unspecified atom stereocenters. The number of hydrogen-bond acceptors (Lipinski definition) is 4. The lowest BCUT2D eigenvalue weighted by atomic mass is 10.0. The van der Waals surface area contributed by atoms with E-state index in [-0.39, 0.29) is 0 Å². The van der Waals surface area contributed by atoms with Gasteiger partial charge in [-0.1, -0.05) is 267 Å². The molecule has 0 saturated carbocycles. The second-order valence-corrected chi connectivity index (χ2v) is 23.3. The van der Waals surface area contributed by atoms with E-state index in [2.05, 4.69) is 325 Å². The lowest BCUT2D eigenvalue weighted by Crippen LogP contribution is -2.07. The molecule has 430 valence electrons. The molecule has 17 aromatic rings. The molecule has 6 heteroatoms. The number of nitrogens with zero attached hydrogens (tertiary/aromatic N) is 6. The molecule has 0 bridgehead atoms. The van der Waals surface area contributed by atoms with Gasteiger partial charge in [0.25, 0.3) is 0 Å². The zero-order valence-electron chi connectivity index (χ0n) is 50.0. The molecule has 0 saturated heterocycles. The second kappa shape index (κ2) is 23.0. The molecule has 92 heavy (non-hydrogen) atoms. The van der Waals surface area contributed by atoms with E-state index in [9.17, 15) is 0 Å². The minimum atomic E-state index is 0.551. The third-order valence-electron chi connectivity index (χ3n) is 17.8. The van der Waals surface area contributed by atoms with Crippen LogP contribution in [0.2, 0.25) is 0 Å². The highest BCUT2D eigenvalue weighted by atomic mass is 15.0. The molecule has 0 radical (unpaired) electrons. The fourth-order valence-corrected chi connectivity index (χ4v) is 13.3. The standard InChI is InChI=1S/C86H56N6/c1-9-25-57(26-10-1)65-41-45-79-69(49-65)70-50-66(58-27-11-2-12-28-58)42-46-80(70)91(79)83-56-84(92-81-47-43-67(59-29-13-3-14-30-59)51-71(81)72-52-68(44-48-82(72)92)60-31-15-4-16-32-60)74(86-89-77(63-37-21-7-22-38-63)55-78(90-86)64-39-23-8-24-40-64)53-73(83)85-87-75(61-33-17-5-18-34-61)54-76(88-85)62-35-19-6-20-36-62/h1-56H. The number of fused-ring (bicyclic) bond motifs is 6. The number of rotatable bonds is 12. The fourth-order valence-electron chi connectivity index (χ4n) is 13.3. The van der Waals surface area contributed by atoms with Gasteiger partial charge < -0.3 is 9.13 Å². The summed E-state index contributed by atoms with van der Waals surface area (Å²) in [6.45, 7) is 0. The number of hydrogen-bond donors (Lipinski definition) is 0. The van der Waals surface area contributed by atoms with Crippen LogP contribution < -0.4 is 0 Å². The molecule has 4 heterocycles. The predicted octanol–water partition coefficient (Wildman–Crippen LogP) is 22.1. The van der Waals surface area contributed by atoms with E-state index in [1.807, 2.05) is 24.3 Å². The fraction of sp³-hybridized carbons (Fsp3) is 0. The van der Waals surface area contributed by atoms with Gasteiger partial charge in [-0.2, -0.15) is 0 Å². The zero-order chi connectivity index (χ0) is 60.9. The van der Waals surface area contributed by atoms with Crippen molar-refractivity contribution in [3.8, 4) is 124 Å². The summed E-state index contributed by atoms with van der Waals surface area (Å²) >= 11 is 0. The SMILES string of the molecule is c1ccc(-c2ccc3c(c2)c2cc(-c4ccccc4)ccc2n3-c2cc(-n3c4ccc(-c5ccccc5)cc4c4cc(-c5ccccc5)ccc43)c(-c3nc(-c4ccccc4)cc(-c4ccccc4)n3)cc2-c2nc(-c3ccccc3)cc(-c3ccccc3)n2)cc1. The van der Waals surface area contributed by atoms with E-state index < -0.39 is 0 Å². The van der Waals surface area contributed by atoms with E-state index in [4.69, 9.17) is 19.9 Å². The van der Waals surface area contributed by atoms with Gasteiger partial charge in [0.1, 0.15) is 0 Å². The quantitative estimate of drug-likeness (QED) is 0.122. The lowest BCUT2D eigenvalue weighted by Gasteiger charge is -2.21. The Bertz CT molecular complexity index is 4920. The highest BCUT2D eigenvalue weighted by Gasteiger charge is 2.27. The topological polar surface area (TPSA) is 61.4 Å². The smallest absolute Gasteiger partial charge is 0.162 e. The summed E-state index contributed by atoms with van der Waals surface area (Å²) in [4.78, 5) is 22.8. The largest absolute Gasteiger partial charge is 0.308 e. The summed E-state index contributed by atoms with van der Waals surface area (Å²) in [5.41, 5.74) is 23.7. The number of benzene rings is 13. The van der Waals surface area contributed by atoms with E-state index in [1.54, 1.807) is 0 Å². The molecule has 4 aromatic heterocycles. The first kappa shape index (κ1) is 53.8. The summed E-state index contributed by atoms with van der Waals surface area (Å²) in [6, 6.07) is 121. The third kappa shape index (κ3) is 9.80. The van der Waals surface area contributed by atoms with Crippen LogP contribution in [0.5, 0.6) is 0 Å². The highest BCUT2D eigenvalue weighted by Crippen LogP contribution is 2.46. The van der Waals surface area contributed by atoms with Gasteiger partial charge in [0.15, 0.2) is 11.6 Å². The van der Waals surface area contributed by atoms with Crippen molar-refractivity contribution in [3.05, 3.63) is 340 Å². The van der Waals surface area contributed by atoms with Crippen molar-refractivity contribution >= 4 is 43.6 Å². The minimum absolute atomic E-state index is 0.551. The highest BCUT2D eigenvalue weighted by molar-refractivity contribution is 6.14. The van der Waals surface area contributed by atoms with Gasteiger partial charge in [-0.15, -0.1) is 0 Å². The van der Waals surface area contributed by atoms with Crippen LogP contribution in [0, 0.1) is 0 Å². The van der Waals surface area contributed by atoms with Gasteiger partial charge in [0.05, 0.1) is 56.2 Å². The molecule has 13 aromatic carbocycles. The van der Waals surface area contributed by atoms with E-state index in [0.717, 1.165) is 156 Å². The Kier molecular flexibility index (Phi) is 13.4. The van der Waals surface area contributed by atoms with Crippen LogP contribution in [0.15, 0.2) is 340 Å². The Balaban J connectivity index is 1.05. The summed E-state index contributed by atoms with van der Waals surface area (Å²) in [7, 11) is 0. The van der Waals surface area contributed by atoms with Crippen molar-refractivity contribution in [1.29, 1.82) is 0 Å². The van der Waals surface area contributed by atoms with Gasteiger partial charge in [0, 0.05) is 54.9 Å². The van der Waals surface area contributed by atoms with Crippen molar-refractivity contribution in [2.75, 3.05) is 0 Å². The first-order chi connectivity index (χ1) is 45.6. The Morgan fingerprint density at radius 2 is 0.391 bits per heavy atom. The molecule has 0 spiro atoms. The third-order valence-corrected chi connectivity index (χ3v) is 17.8. The Morgan fingerprint density at radius 3 is 0.620 bits per heavy atom. The molecule has 0 amide bonds. The normalized spacial score (nSPS) is 11.5. The molecule has 0 atom stereocenters. The van der Waals surface area contributed by atoms with E-state index in [0.29, 0.717) is 11.6 Å². The molecule has 0 N–H and O–H groups in total. The van der Waals surface area contributed by atoms with Gasteiger partial charge in [-0.3, -0.25) is 0 Å². The summed E-state index contributed by atoms with van der Waals surface area (Å²) < 4.78 is 4.90. The predicted molar refractivity (Wildman–Crippen MR) is 381 cm³/mol. The van der Waals surface area contributed by atoms with Crippen molar-refractivity contribution in [2.45, 2.75) is 0 Å². The molecule has 6 nitrogen and oxygen atoms in total. The van der Waals surface area contributed by atoms with Crippen LogP contribution in [-0.4, -0.2) is 29.1 Å². The first-order valence-corrected chi connectivity index (χ1v) is 31.2. The molecule has 0 aliphatic heterocycles. The summed E-state index contributed by atoms with van der Waals surface area (Å²) in [6.07, 6.45) is 0. The van der Waals surface area contributed by atoms with Crippen LogP contribution in [0.3, 0.4) is 0 Å². The van der Waals surface area contributed by atoms with Crippen molar-refractivity contribution in [3.63, 3.8) is 0 Å². The molecular formula is C86H56N6. The van der Waals surface area contributed by atoms with Crippen LogP contribution in [-0.2, 0) is 0 Å². The van der Waals surface area contributed by atoms with Gasteiger partial charge in [-0.05, 0) is 117 Å². The average Bonchev–Trinajstić information content (AvgIpc) is 1.52. The number of aromatic nitrogens is 6. The second-order valence-electron chi connectivity index (χ2n) is 23.3. The Hall–Kier alpha value is -12.4. The maximum Gasteiger partial charge on any atom is 0.162 e. The summed E-state index contributed by atoms with van der Waals surface area (Å²) in [5.74, 6) is 1.10. The van der Waals surface area contributed by atoms with Crippen molar-refractivity contribution < 1.29 is 0 Å². The summed E-state index contributed by atoms with van der Waals surface area (Å²) in [5, 5.41) is 4.46. The van der Waals surface area contributed by atoms with E-state index >= 15 is 0 Å². The molecule has 0 aliphatic rings.